The number of hydrogen-bond donors (Lipinski definition) is 1. The normalized spacial score (nSPS) is 18.1. The summed E-state index contributed by atoms with van der Waals surface area (Å²) in [5.41, 5.74) is 1.86. The maximum Gasteiger partial charge on any atom is 0.123 e. The van der Waals surface area contributed by atoms with Crippen LogP contribution < -0.4 is 0 Å². The number of aliphatic hydroxyl groups is 1. The number of aryl methyl sites for hydroxylation is 1. The molecule has 0 heterocycles. The van der Waals surface area contributed by atoms with Gasteiger partial charge in [-0.05, 0) is 48.9 Å². The molecule has 19 heavy (non-hydrogen) atoms. The van der Waals surface area contributed by atoms with Crippen molar-refractivity contribution in [2.45, 2.75) is 25.4 Å². The Labute approximate surface area is 112 Å². The topological polar surface area (TPSA) is 20.2 Å². The third-order valence-electron chi connectivity index (χ3n) is 3.94. The molecule has 1 aliphatic carbocycles. The Balaban J connectivity index is 2.08. The van der Waals surface area contributed by atoms with Crippen LogP contribution in [-0.4, -0.2) is 5.11 Å². The second-order valence-corrected chi connectivity index (χ2v) is 5.41. The zero-order valence-electron chi connectivity index (χ0n) is 10.9. The van der Waals surface area contributed by atoms with E-state index in [9.17, 15) is 9.50 Å². The minimum atomic E-state index is -0.985. The van der Waals surface area contributed by atoms with Gasteiger partial charge in [-0.15, -0.1) is 0 Å². The molecule has 1 unspecified atom stereocenters. The Morgan fingerprint density at radius 2 is 1.42 bits per heavy atom. The van der Waals surface area contributed by atoms with Gasteiger partial charge < -0.3 is 5.11 Å². The maximum absolute atomic E-state index is 13.1. The quantitative estimate of drug-likeness (QED) is 0.886. The van der Waals surface area contributed by atoms with Crippen LogP contribution in [0.4, 0.5) is 4.39 Å². The second kappa shape index (κ2) is 4.46. The number of rotatable bonds is 3. The fourth-order valence-electron chi connectivity index (χ4n) is 2.65. The smallest absolute Gasteiger partial charge is 0.123 e. The standard InChI is InChI=1S/C17H17FO/c1-12-2-4-13(5-3-12)17(19,14-6-7-14)15-8-10-16(18)11-9-15/h2-5,8-11,14,19H,6-7H2,1H3. The minimum Gasteiger partial charge on any atom is -0.380 e. The molecule has 2 heteroatoms. The van der Waals surface area contributed by atoms with Crippen molar-refractivity contribution in [3.63, 3.8) is 0 Å². The van der Waals surface area contributed by atoms with E-state index in [1.807, 2.05) is 31.2 Å². The average molecular weight is 256 g/mol. The summed E-state index contributed by atoms with van der Waals surface area (Å²) in [6, 6.07) is 14.2. The Bertz CT molecular complexity index is 522. The third kappa shape index (κ3) is 2.17. The largest absolute Gasteiger partial charge is 0.380 e. The maximum atomic E-state index is 13.1. The number of benzene rings is 2. The van der Waals surface area contributed by atoms with E-state index in [0.29, 0.717) is 0 Å². The van der Waals surface area contributed by atoms with Crippen molar-refractivity contribution in [3.8, 4) is 0 Å². The molecule has 0 spiro atoms. The minimum absolute atomic E-state index is 0.237. The molecule has 98 valence electrons. The van der Waals surface area contributed by atoms with Gasteiger partial charge in [-0.3, -0.25) is 0 Å². The molecule has 0 amide bonds. The van der Waals surface area contributed by atoms with Gasteiger partial charge in [0, 0.05) is 0 Å². The number of hydrogen-bond acceptors (Lipinski definition) is 1. The third-order valence-corrected chi connectivity index (χ3v) is 3.94. The summed E-state index contributed by atoms with van der Waals surface area (Å²) >= 11 is 0. The molecule has 1 nitrogen and oxygen atoms in total. The second-order valence-electron chi connectivity index (χ2n) is 5.41. The SMILES string of the molecule is Cc1ccc(C(O)(c2ccc(F)cc2)C2CC2)cc1. The monoisotopic (exact) mass is 256 g/mol. The lowest BCUT2D eigenvalue weighted by Crippen LogP contribution is -2.29. The Hall–Kier alpha value is -1.67. The van der Waals surface area contributed by atoms with Gasteiger partial charge in [-0.1, -0.05) is 42.0 Å². The van der Waals surface area contributed by atoms with Crippen LogP contribution in [0.2, 0.25) is 0 Å². The van der Waals surface area contributed by atoms with Crippen molar-refractivity contribution in [2.24, 2.45) is 5.92 Å². The molecule has 1 N–H and O–H groups in total. The first-order chi connectivity index (χ1) is 9.10. The molecule has 2 aromatic rings. The van der Waals surface area contributed by atoms with Crippen LogP contribution in [0.15, 0.2) is 48.5 Å². The number of halogens is 1. The van der Waals surface area contributed by atoms with E-state index in [0.717, 1.165) is 24.0 Å². The van der Waals surface area contributed by atoms with Gasteiger partial charge in [-0.25, -0.2) is 4.39 Å². The lowest BCUT2D eigenvalue weighted by Gasteiger charge is -2.29. The lowest BCUT2D eigenvalue weighted by molar-refractivity contribution is 0.0563. The van der Waals surface area contributed by atoms with Crippen LogP contribution in [0.25, 0.3) is 0 Å². The average Bonchev–Trinajstić information content (AvgIpc) is 3.24. The van der Waals surface area contributed by atoms with Crippen molar-refractivity contribution < 1.29 is 9.50 Å². The summed E-state index contributed by atoms with van der Waals surface area (Å²) in [5.74, 6) is -0.0357. The summed E-state index contributed by atoms with van der Waals surface area (Å²) in [6.07, 6.45) is 2.03. The molecule has 0 saturated heterocycles. The van der Waals surface area contributed by atoms with E-state index in [-0.39, 0.29) is 11.7 Å². The molecule has 3 rings (SSSR count). The van der Waals surface area contributed by atoms with Gasteiger partial charge >= 0.3 is 0 Å². The van der Waals surface area contributed by atoms with Crippen LogP contribution in [0.5, 0.6) is 0 Å². The molecule has 0 bridgehead atoms. The van der Waals surface area contributed by atoms with Gasteiger partial charge in [0.15, 0.2) is 0 Å². The summed E-state index contributed by atoms with van der Waals surface area (Å²) in [6.45, 7) is 2.03. The molecule has 1 atom stereocenters. The Morgan fingerprint density at radius 3 is 1.89 bits per heavy atom. The van der Waals surface area contributed by atoms with Gasteiger partial charge in [0.05, 0.1) is 0 Å². The van der Waals surface area contributed by atoms with E-state index >= 15 is 0 Å². The Kier molecular flexibility index (Phi) is 2.90. The van der Waals surface area contributed by atoms with E-state index in [4.69, 9.17) is 0 Å². The highest BCUT2D eigenvalue weighted by Gasteiger charge is 2.46. The summed E-state index contributed by atoms with van der Waals surface area (Å²) in [5, 5.41) is 11.2. The van der Waals surface area contributed by atoms with E-state index in [1.54, 1.807) is 12.1 Å². The summed E-state index contributed by atoms with van der Waals surface area (Å²) in [4.78, 5) is 0. The van der Waals surface area contributed by atoms with Crippen LogP contribution >= 0.6 is 0 Å². The predicted octanol–water partition coefficient (Wildman–Crippen LogP) is 3.78. The molecular weight excluding hydrogens is 239 g/mol. The van der Waals surface area contributed by atoms with Gasteiger partial charge in [-0.2, -0.15) is 0 Å². The molecular formula is C17H17FO. The molecule has 0 aromatic heterocycles. The van der Waals surface area contributed by atoms with Gasteiger partial charge in [0.25, 0.3) is 0 Å². The van der Waals surface area contributed by atoms with E-state index < -0.39 is 5.60 Å². The van der Waals surface area contributed by atoms with Crippen molar-refractivity contribution in [2.75, 3.05) is 0 Å². The van der Waals surface area contributed by atoms with E-state index in [2.05, 4.69) is 0 Å². The highest BCUT2D eigenvalue weighted by atomic mass is 19.1. The van der Waals surface area contributed by atoms with Gasteiger partial charge in [0.2, 0.25) is 0 Å². The first-order valence-corrected chi connectivity index (χ1v) is 6.66. The molecule has 0 radical (unpaired) electrons. The predicted molar refractivity (Wildman–Crippen MR) is 73.3 cm³/mol. The molecule has 1 saturated carbocycles. The molecule has 1 fully saturated rings. The lowest BCUT2D eigenvalue weighted by atomic mass is 9.82. The van der Waals surface area contributed by atoms with Crippen LogP contribution in [0, 0.1) is 18.7 Å². The Morgan fingerprint density at radius 1 is 0.947 bits per heavy atom. The zero-order chi connectivity index (χ0) is 13.5. The molecule has 0 aliphatic heterocycles. The fraction of sp³-hybridized carbons (Fsp3) is 0.294. The van der Waals surface area contributed by atoms with Crippen LogP contribution in [0.3, 0.4) is 0 Å². The van der Waals surface area contributed by atoms with Crippen molar-refractivity contribution >= 4 is 0 Å². The highest BCUT2D eigenvalue weighted by Crippen LogP contribution is 2.49. The first kappa shape index (κ1) is 12.4. The summed E-state index contributed by atoms with van der Waals surface area (Å²) < 4.78 is 13.1. The first-order valence-electron chi connectivity index (χ1n) is 6.66. The highest BCUT2D eigenvalue weighted by molar-refractivity contribution is 5.39. The molecule has 2 aromatic carbocycles. The van der Waals surface area contributed by atoms with Crippen molar-refractivity contribution in [3.05, 3.63) is 71.0 Å². The van der Waals surface area contributed by atoms with Crippen molar-refractivity contribution in [1.29, 1.82) is 0 Å². The van der Waals surface area contributed by atoms with E-state index in [1.165, 1.54) is 17.7 Å². The molecule has 1 aliphatic rings. The van der Waals surface area contributed by atoms with Crippen molar-refractivity contribution in [1.82, 2.24) is 0 Å². The van der Waals surface area contributed by atoms with Gasteiger partial charge in [0.1, 0.15) is 11.4 Å². The summed E-state index contributed by atoms with van der Waals surface area (Å²) in [7, 11) is 0. The van der Waals surface area contributed by atoms with Crippen LogP contribution in [0.1, 0.15) is 29.5 Å². The fourth-order valence-corrected chi connectivity index (χ4v) is 2.65. The van der Waals surface area contributed by atoms with Crippen LogP contribution in [-0.2, 0) is 5.60 Å². The zero-order valence-corrected chi connectivity index (χ0v) is 10.9.